The summed E-state index contributed by atoms with van der Waals surface area (Å²) in [6.07, 6.45) is 1.31. The summed E-state index contributed by atoms with van der Waals surface area (Å²) in [6, 6.07) is 6.78. The molecule has 2 heterocycles. The Labute approximate surface area is 178 Å². The van der Waals surface area contributed by atoms with Gasteiger partial charge in [-0.3, -0.25) is 15.4 Å². The Morgan fingerprint density at radius 3 is 2.71 bits per heavy atom. The molecule has 0 unspecified atom stereocenters. The fraction of sp³-hybridized carbons (Fsp3) is 0.500. The summed E-state index contributed by atoms with van der Waals surface area (Å²) >= 11 is 13.7. The first-order chi connectivity index (χ1) is 13.4. The number of likely N-dealkylation sites (tertiary alicyclic amines) is 1. The summed E-state index contributed by atoms with van der Waals surface area (Å²) in [4.78, 5) is 28.5. The zero-order chi connectivity index (χ0) is 20.3. The Hall–Kier alpha value is -1.50. The Bertz CT molecular complexity index is 795. The lowest BCUT2D eigenvalue weighted by Crippen LogP contribution is -2.53. The van der Waals surface area contributed by atoms with Gasteiger partial charge in [0.25, 0.3) is 5.91 Å². The van der Waals surface area contributed by atoms with Crippen LogP contribution in [0.25, 0.3) is 0 Å². The van der Waals surface area contributed by atoms with Crippen LogP contribution in [-0.4, -0.2) is 70.0 Å². The molecule has 3 rings (SSSR count). The van der Waals surface area contributed by atoms with Crippen molar-refractivity contribution in [3.63, 3.8) is 0 Å². The lowest BCUT2D eigenvalue weighted by Gasteiger charge is -2.36. The molecule has 2 fully saturated rings. The first-order valence-corrected chi connectivity index (χ1v) is 10.8. The van der Waals surface area contributed by atoms with Crippen LogP contribution in [0.4, 0.5) is 0 Å². The van der Waals surface area contributed by atoms with E-state index in [0.29, 0.717) is 48.1 Å². The summed E-state index contributed by atoms with van der Waals surface area (Å²) in [7, 11) is 0. The molecule has 1 aromatic carbocycles. The normalized spacial score (nSPS) is 20.5. The van der Waals surface area contributed by atoms with E-state index >= 15 is 0 Å². The standard InChI is InChI=1S/C18H21Cl2N5O2S/c19-15-3-1-2-14(17(15)20)18(27)23-6-4-12(5-7-23)25(22)9-16(26)24-11-28-10-13(24)8-21/h1-3,12-13H,4-7,9-11,22H2/t13-/m1/s1. The number of nitriles is 1. The summed E-state index contributed by atoms with van der Waals surface area (Å²) in [5, 5.41) is 11.3. The van der Waals surface area contributed by atoms with Crippen LogP contribution in [0.15, 0.2) is 18.2 Å². The lowest BCUT2D eigenvalue weighted by molar-refractivity contribution is -0.132. The number of nitrogens with two attached hydrogens (primary N) is 1. The number of hydrazine groups is 1. The molecule has 0 saturated carbocycles. The maximum absolute atomic E-state index is 12.7. The third-order valence-electron chi connectivity index (χ3n) is 5.07. The minimum atomic E-state index is -0.382. The van der Waals surface area contributed by atoms with Crippen LogP contribution in [0.2, 0.25) is 10.0 Å². The van der Waals surface area contributed by atoms with Gasteiger partial charge < -0.3 is 9.80 Å². The van der Waals surface area contributed by atoms with Crippen LogP contribution in [0.1, 0.15) is 23.2 Å². The van der Waals surface area contributed by atoms with E-state index in [4.69, 9.17) is 34.3 Å². The zero-order valence-electron chi connectivity index (χ0n) is 15.2. The van der Waals surface area contributed by atoms with Crippen molar-refractivity contribution in [1.82, 2.24) is 14.8 Å². The highest BCUT2D eigenvalue weighted by Gasteiger charge is 2.32. The molecule has 0 aliphatic carbocycles. The van der Waals surface area contributed by atoms with Gasteiger partial charge in [0.2, 0.25) is 5.91 Å². The van der Waals surface area contributed by atoms with Gasteiger partial charge in [0.15, 0.2) is 0 Å². The molecule has 0 bridgehead atoms. The molecule has 1 atom stereocenters. The van der Waals surface area contributed by atoms with E-state index in [-0.39, 0.29) is 35.5 Å². The van der Waals surface area contributed by atoms with E-state index < -0.39 is 0 Å². The van der Waals surface area contributed by atoms with E-state index in [9.17, 15) is 9.59 Å². The summed E-state index contributed by atoms with van der Waals surface area (Å²) < 4.78 is 0. The molecule has 1 aromatic rings. The molecule has 0 radical (unpaired) electrons. The highest BCUT2D eigenvalue weighted by molar-refractivity contribution is 7.99. The van der Waals surface area contributed by atoms with Crippen molar-refractivity contribution >= 4 is 46.8 Å². The van der Waals surface area contributed by atoms with Crippen LogP contribution < -0.4 is 5.84 Å². The third-order valence-corrected chi connectivity index (χ3v) is 6.90. The topological polar surface area (TPSA) is 93.7 Å². The van der Waals surface area contributed by atoms with Gasteiger partial charge in [-0.1, -0.05) is 29.3 Å². The number of rotatable bonds is 4. The van der Waals surface area contributed by atoms with Crippen LogP contribution in [0.5, 0.6) is 0 Å². The van der Waals surface area contributed by atoms with Gasteiger partial charge in [-0.2, -0.15) is 5.26 Å². The summed E-state index contributed by atoms with van der Waals surface area (Å²) in [5.41, 5.74) is 0.390. The molecule has 2 amide bonds. The predicted octanol–water partition coefficient (Wildman–Crippen LogP) is 2.20. The molecule has 10 heteroatoms. The number of amides is 2. The van der Waals surface area contributed by atoms with Crippen molar-refractivity contribution in [3.8, 4) is 6.07 Å². The fourth-order valence-electron chi connectivity index (χ4n) is 3.41. The number of hydrogen-bond donors (Lipinski definition) is 1. The van der Waals surface area contributed by atoms with Crippen molar-refractivity contribution in [3.05, 3.63) is 33.8 Å². The molecule has 2 aliphatic heterocycles. The molecule has 2 N–H and O–H groups in total. The van der Waals surface area contributed by atoms with Gasteiger partial charge in [-0.15, -0.1) is 11.8 Å². The van der Waals surface area contributed by atoms with Crippen LogP contribution >= 0.6 is 35.0 Å². The zero-order valence-corrected chi connectivity index (χ0v) is 17.5. The van der Waals surface area contributed by atoms with E-state index in [0.717, 1.165) is 0 Å². The minimum absolute atomic E-state index is 0.00127. The highest BCUT2D eigenvalue weighted by atomic mass is 35.5. The quantitative estimate of drug-likeness (QED) is 0.568. The van der Waals surface area contributed by atoms with E-state index in [2.05, 4.69) is 6.07 Å². The first kappa shape index (κ1) is 21.2. The van der Waals surface area contributed by atoms with E-state index in [1.165, 1.54) is 5.01 Å². The van der Waals surface area contributed by atoms with Crippen molar-refractivity contribution in [2.45, 2.75) is 24.9 Å². The van der Waals surface area contributed by atoms with Crippen molar-refractivity contribution in [2.24, 2.45) is 5.84 Å². The average Bonchev–Trinajstić information content (AvgIpc) is 3.18. The second kappa shape index (κ2) is 9.33. The predicted molar refractivity (Wildman–Crippen MR) is 110 cm³/mol. The molecule has 28 heavy (non-hydrogen) atoms. The Kier molecular flexibility index (Phi) is 7.07. The summed E-state index contributed by atoms with van der Waals surface area (Å²) in [5.74, 6) is 7.01. The molecule has 150 valence electrons. The van der Waals surface area contributed by atoms with Gasteiger partial charge >= 0.3 is 0 Å². The lowest BCUT2D eigenvalue weighted by atomic mass is 10.0. The Morgan fingerprint density at radius 2 is 2.04 bits per heavy atom. The number of benzene rings is 1. The second-order valence-electron chi connectivity index (χ2n) is 6.81. The largest absolute Gasteiger partial charge is 0.338 e. The molecule has 7 nitrogen and oxygen atoms in total. The molecule has 2 saturated heterocycles. The van der Waals surface area contributed by atoms with Crippen molar-refractivity contribution in [1.29, 1.82) is 5.26 Å². The Balaban J connectivity index is 1.53. The second-order valence-corrected chi connectivity index (χ2v) is 8.59. The molecular formula is C18H21Cl2N5O2S. The monoisotopic (exact) mass is 441 g/mol. The number of halogens is 2. The number of thioether (sulfide) groups is 1. The average molecular weight is 442 g/mol. The van der Waals surface area contributed by atoms with Crippen molar-refractivity contribution in [2.75, 3.05) is 31.3 Å². The minimum Gasteiger partial charge on any atom is -0.338 e. The number of carbonyl (C=O) groups excluding carboxylic acids is 2. The summed E-state index contributed by atoms with van der Waals surface area (Å²) in [6.45, 7) is 1.11. The van der Waals surface area contributed by atoms with Crippen molar-refractivity contribution < 1.29 is 9.59 Å². The molecule has 0 spiro atoms. The SMILES string of the molecule is N#C[C@@H]1CSCN1C(=O)CN(N)C1CCN(C(=O)c2cccc(Cl)c2Cl)CC1. The van der Waals surface area contributed by atoms with Crippen LogP contribution in [0, 0.1) is 11.3 Å². The first-order valence-electron chi connectivity index (χ1n) is 8.93. The number of piperidine rings is 1. The van der Waals surface area contributed by atoms with Gasteiger partial charge in [0, 0.05) is 24.9 Å². The maximum atomic E-state index is 12.7. The van der Waals surface area contributed by atoms with E-state index in [1.807, 2.05) is 0 Å². The number of hydrogen-bond acceptors (Lipinski definition) is 6. The highest BCUT2D eigenvalue weighted by Crippen LogP contribution is 2.28. The smallest absolute Gasteiger partial charge is 0.255 e. The third kappa shape index (κ3) is 4.56. The molecule has 2 aliphatic rings. The van der Waals surface area contributed by atoms with Gasteiger partial charge in [0.1, 0.15) is 6.04 Å². The number of carbonyl (C=O) groups is 2. The van der Waals surface area contributed by atoms with Crippen LogP contribution in [-0.2, 0) is 4.79 Å². The maximum Gasteiger partial charge on any atom is 0.255 e. The molecular weight excluding hydrogens is 421 g/mol. The van der Waals surface area contributed by atoms with Gasteiger partial charge in [0.05, 0.1) is 34.1 Å². The van der Waals surface area contributed by atoms with E-state index in [1.54, 1.807) is 39.8 Å². The van der Waals surface area contributed by atoms with Crippen LogP contribution in [0.3, 0.4) is 0 Å². The Morgan fingerprint density at radius 1 is 1.32 bits per heavy atom. The van der Waals surface area contributed by atoms with Gasteiger partial charge in [-0.25, -0.2) is 5.01 Å². The number of nitrogens with zero attached hydrogens (tertiary/aromatic N) is 4. The molecule has 0 aromatic heterocycles. The fourth-order valence-corrected chi connectivity index (χ4v) is 4.90. The van der Waals surface area contributed by atoms with Gasteiger partial charge in [-0.05, 0) is 25.0 Å².